The van der Waals surface area contributed by atoms with E-state index in [-0.39, 0.29) is 11.8 Å². The largest absolute Gasteiger partial charge is 0.457 e. The van der Waals surface area contributed by atoms with Crippen LogP contribution >= 0.6 is 0 Å². The minimum atomic E-state index is -0.524. The molecule has 1 fully saturated rings. The zero-order valence-corrected chi connectivity index (χ0v) is 15.2. The van der Waals surface area contributed by atoms with Gasteiger partial charge < -0.3 is 15.0 Å². The summed E-state index contributed by atoms with van der Waals surface area (Å²) >= 11 is 0. The van der Waals surface area contributed by atoms with Crippen LogP contribution in [-0.4, -0.2) is 36.3 Å². The predicted molar refractivity (Wildman–Crippen MR) is 100 cm³/mol. The van der Waals surface area contributed by atoms with E-state index in [9.17, 15) is 9.59 Å². The second kappa shape index (κ2) is 7.60. The zero-order valence-electron chi connectivity index (χ0n) is 15.2. The van der Waals surface area contributed by atoms with E-state index < -0.39 is 5.41 Å². The third-order valence-electron chi connectivity index (χ3n) is 4.71. The average molecular weight is 352 g/mol. The monoisotopic (exact) mass is 352 g/mol. The summed E-state index contributed by atoms with van der Waals surface area (Å²) in [5, 5.41) is 2.87. The van der Waals surface area contributed by atoms with Crippen LogP contribution in [0.25, 0.3) is 0 Å². The van der Waals surface area contributed by atoms with Crippen LogP contribution in [0.3, 0.4) is 0 Å². The summed E-state index contributed by atoms with van der Waals surface area (Å²) in [5.74, 6) is 1.28. The Bertz CT molecular complexity index is 791. The van der Waals surface area contributed by atoms with Crippen molar-refractivity contribution in [3.8, 4) is 11.5 Å². The summed E-state index contributed by atoms with van der Waals surface area (Å²) in [5.41, 5.74) is 0.0441. The quantitative estimate of drug-likeness (QED) is 0.896. The Balaban J connectivity index is 1.71. The number of benzene rings is 2. The van der Waals surface area contributed by atoms with Gasteiger partial charge in [0.05, 0.1) is 5.41 Å². The highest BCUT2D eigenvalue weighted by atomic mass is 16.5. The molecule has 0 bridgehead atoms. The maximum Gasteiger partial charge on any atom is 0.254 e. The molecule has 0 aliphatic carbocycles. The van der Waals surface area contributed by atoms with E-state index in [2.05, 4.69) is 5.32 Å². The average Bonchev–Trinajstić information content (AvgIpc) is 3.06. The molecule has 3 rings (SSSR count). The van der Waals surface area contributed by atoms with Crippen LogP contribution in [0.15, 0.2) is 54.6 Å². The number of rotatable bonds is 5. The number of amides is 2. The number of nitrogens with one attached hydrogen (secondary N) is 1. The predicted octanol–water partition coefficient (Wildman–Crippen LogP) is 3.47. The molecule has 2 aromatic rings. The van der Waals surface area contributed by atoms with Crippen LogP contribution in [0.5, 0.6) is 11.5 Å². The Kier molecular flexibility index (Phi) is 5.26. The molecule has 136 valence electrons. The number of para-hydroxylation sites is 1. The van der Waals surface area contributed by atoms with E-state index in [1.54, 1.807) is 17.0 Å². The second-order valence-electron chi connectivity index (χ2n) is 6.84. The van der Waals surface area contributed by atoms with E-state index in [0.717, 1.165) is 5.75 Å². The highest BCUT2D eigenvalue weighted by molar-refractivity contribution is 5.95. The van der Waals surface area contributed by atoms with Gasteiger partial charge in [0.15, 0.2) is 0 Å². The number of hydrogen-bond donors (Lipinski definition) is 1. The molecular weight excluding hydrogens is 328 g/mol. The lowest BCUT2D eigenvalue weighted by molar-refractivity contribution is -0.129. The summed E-state index contributed by atoms with van der Waals surface area (Å²) in [6.45, 7) is 5.43. The van der Waals surface area contributed by atoms with Crippen LogP contribution in [0, 0.1) is 5.41 Å². The number of hydrogen-bond acceptors (Lipinski definition) is 3. The van der Waals surface area contributed by atoms with Gasteiger partial charge in [0.2, 0.25) is 5.91 Å². The van der Waals surface area contributed by atoms with Gasteiger partial charge in [-0.15, -0.1) is 0 Å². The molecule has 5 nitrogen and oxygen atoms in total. The van der Waals surface area contributed by atoms with Gasteiger partial charge in [-0.1, -0.05) is 24.3 Å². The second-order valence-corrected chi connectivity index (χ2v) is 6.84. The van der Waals surface area contributed by atoms with Crippen molar-refractivity contribution in [2.75, 3.05) is 19.6 Å². The molecule has 2 aromatic carbocycles. The first-order valence-corrected chi connectivity index (χ1v) is 8.92. The van der Waals surface area contributed by atoms with Gasteiger partial charge in [-0.05, 0) is 50.6 Å². The fourth-order valence-corrected chi connectivity index (χ4v) is 3.19. The van der Waals surface area contributed by atoms with Gasteiger partial charge in [0, 0.05) is 25.2 Å². The van der Waals surface area contributed by atoms with Gasteiger partial charge in [-0.25, -0.2) is 0 Å². The summed E-state index contributed by atoms with van der Waals surface area (Å²) in [6.07, 6.45) is 0.671. The first kappa shape index (κ1) is 18.0. The standard InChI is InChI=1S/C21H24N2O3/c1-3-22-20(25)21(2)12-13-23(15-21)19(24)16-8-7-11-18(14-16)26-17-9-5-4-6-10-17/h4-11,14H,3,12-13,15H2,1-2H3,(H,22,25). The van der Waals surface area contributed by atoms with Crippen LogP contribution in [-0.2, 0) is 4.79 Å². The van der Waals surface area contributed by atoms with Crippen LogP contribution < -0.4 is 10.1 Å². The molecule has 1 heterocycles. The Morgan fingerprint density at radius 1 is 1.12 bits per heavy atom. The molecule has 2 amide bonds. The highest BCUT2D eigenvalue weighted by Crippen LogP contribution is 2.31. The van der Waals surface area contributed by atoms with Crippen LogP contribution in [0.1, 0.15) is 30.6 Å². The normalized spacial score (nSPS) is 19.2. The molecule has 0 spiro atoms. The van der Waals surface area contributed by atoms with Crippen molar-refractivity contribution >= 4 is 11.8 Å². The van der Waals surface area contributed by atoms with Crippen molar-refractivity contribution in [3.63, 3.8) is 0 Å². The van der Waals surface area contributed by atoms with Crippen molar-refractivity contribution in [1.82, 2.24) is 10.2 Å². The number of nitrogens with zero attached hydrogens (tertiary/aromatic N) is 1. The lowest BCUT2D eigenvalue weighted by Gasteiger charge is -2.23. The Morgan fingerprint density at radius 3 is 2.58 bits per heavy atom. The molecule has 5 heteroatoms. The topological polar surface area (TPSA) is 58.6 Å². The molecule has 1 unspecified atom stereocenters. The molecule has 26 heavy (non-hydrogen) atoms. The summed E-state index contributed by atoms with van der Waals surface area (Å²) in [7, 11) is 0. The minimum absolute atomic E-state index is 0.0106. The third-order valence-corrected chi connectivity index (χ3v) is 4.71. The number of ether oxygens (including phenoxy) is 1. The van der Waals surface area contributed by atoms with Gasteiger partial charge in [0.25, 0.3) is 5.91 Å². The summed E-state index contributed by atoms with van der Waals surface area (Å²) in [6, 6.07) is 16.6. The van der Waals surface area contributed by atoms with Gasteiger partial charge in [-0.3, -0.25) is 9.59 Å². The van der Waals surface area contributed by atoms with Crippen molar-refractivity contribution in [1.29, 1.82) is 0 Å². The first-order valence-electron chi connectivity index (χ1n) is 8.92. The fourth-order valence-electron chi connectivity index (χ4n) is 3.19. The maximum atomic E-state index is 12.9. The zero-order chi connectivity index (χ0) is 18.6. The minimum Gasteiger partial charge on any atom is -0.457 e. The number of carbonyl (C=O) groups is 2. The smallest absolute Gasteiger partial charge is 0.254 e. The van der Waals surface area contributed by atoms with E-state index >= 15 is 0 Å². The van der Waals surface area contributed by atoms with Crippen molar-refractivity contribution in [2.24, 2.45) is 5.41 Å². The SMILES string of the molecule is CCNC(=O)C1(C)CCN(C(=O)c2cccc(Oc3ccccc3)c2)C1. The Labute approximate surface area is 154 Å². The van der Waals surface area contributed by atoms with E-state index in [1.165, 1.54) is 0 Å². The fraction of sp³-hybridized carbons (Fsp3) is 0.333. The van der Waals surface area contributed by atoms with Crippen LogP contribution in [0.4, 0.5) is 0 Å². The van der Waals surface area contributed by atoms with Gasteiger partial charge in [0.1, 0.15) is 11.5 Å². The van der Waals surface area contributed by atoms with Gasteiger partial charge >= 0.3 is 0 Å². The molecule has 1 aliphatic rings. The van der Waals surface area contributed by atoms with Crippen molar-refractivity contribution in [3.05, 3.63) is 60.2 Å². The lowest BCUT2D eigenvalue weighted by atomic mass is 9.89. The molecule has 1 atom stereocenters. The van der Waals surface area contributed by atoms with Crippen molar-refractivity contribution in [2.45, 2.75) is 20.3 Å². The first-order chi connectivity index (χ1) is 12.5. The molecule has 1 N–H and O–H groups in total. The van der Waals surface area contributed by atoms with E-state index in [0.29, 0.717) is 37.4 Å². The number of likely N-dealkylation sites (tertiary alicyclic amines) is 1. The third kappa shape index (κ3) is 3.87. The van der Waals surface area contributed by atoms with Crippen LogP contribution in [0.2, 0.25) is 0 Å². The Hall–Kier alpha value is -2.82. The van der Waals surface area contributed by atoms with E-state index in [1.807, 2.05) is 56.3 Å². The number of carbonyl (C=O) groups excluding carboxylic acids is 2. The molecule has 1 saturated heterocycles. The van der Waals surface area contributed by atoms with Gasteiger partial charge in [-0.2, -0.15) is 0 Å². The maximum absolute atomic E-state index is 12.9. The molecule has 0 aromatic heterocycles. The summed E-state index contributed by atoms with van der Waals surface area (Å²) in [4.78, 5) is 26.9. The molecule has 0 radical (unpaired) electrons. The van der Waals surface area contributed by atoms with E-state index in [4.69, 9.17) is 4.74 Å². The highest BCUT2D eigenvalue weighted by Gasteiger charge is 2.41. The molecule has 1 aliphatic heterocycles. The summed E-state index contributed by atoms with van der Waals surface area (Å²) < 4.78 is 5.81. The molecular formula is C21H24N2O3. The van der Waals surface area contributed by atoms with Crippen molar-refractivity contribution < 1.29 is 14.3 Å². The Morgan fingerprint density at radius 2 is 1.85 bits per heavy atom. The molecule has 0 saturated carbocycles. The lowest BCUT2D eigenvalue weighted by Crippen LogP contribution is -2.41.